The van der Waals surface area contributed by atoms with Gasteiger partial charge < -0.3 is 15.2 Å². The van der Waals surface area contributed by atoms with E-state index in [1.54, 1.807) is 0 Å². The van der Waals surface area contributed by atoms with Crippen LogP contribution in [0.1, 0.15) is 23.9 Å². The zero-order valence-corrected chi connectivity index (χ0v) is 18.5. The van der Waals surface area contributed by atoms with Crippen molar-refractivity contribution in [2.24, 2.45) is 0 Å². The minimum atomic E-state index is 0.982. The summed E-state index contributed by atoms with van der Waals surface area (Å²) in [5.41, 5.74) is 9.37. The minimum Gasteiger partial charge on any atom is -0.354 e. The first kappa shape index (κ1) is 19.8. The van der Waals surface area contributed by atoms with Gasteiger partial charge in [-0.2, -0.15) is 0 Å². The first-order valence-corrected chi connectivity index (χ1v) is 11.1. The van der Waals surface area contributed by atoms with Crippen LogP contribution in [-0.4, -0.2) is 41.1 Å². The molecule has 158 valence electrons. The number of aromatic nitrogens is 3. The highest BCUT2D eigenvalue weighted by Gasteiger charge is 2.15. The largest absolute Gasteiger partial charge is 0.354 e. The van der Waals surface area contributed by atoms with Crippen molar-refractivity contribution >= 4 is 16.7 Å². The lowest BCUT2D eigenvalue weighted by Gasteiger charge is -2.28. The number of nitrogens with one attached hydrogen (secondary N) is 2. The summed E-state index contributed by atoms with van der Waals surface area (Å²) in [6.45, 7) is 10.4. The number of H-pyrrole nitrogens is 1. The summed E-state index contributed by atoms with van der Waals surface area (Å²) in [7, 11) is 0. The van der Waals surface area contributed by atoms with Crippen molar-refractivity contribution in [3.05, 3.63) is 65.6 Å². The summed E-state index contributed by atoms with van der Waals surface area (Å²) in [6, 6.07) is 15.4. The Morgan fingerprint density at radius 1 is 0.903 bits per heavy atom. The molecule has 31 heavy (non-hydrogen) atoms. The summed E-state index contributed by atoms with van der Waals surface area (Å²) < 4.78 is 0. The maximum absolute atomic E-state index is 4.75. The molecule has 1 saturated heterocycles. The molecule has 4 aromatic rings. The van der Waals surface area contributed by atoms with E-state index >= 15 is 0 Å². The second-order valence-electron chi connectivity index (χ2n) is 8.37. The monoisotopic (exact) mass is 411 g/mol. The molecule has 5 nitrogen and oxygen atoms in total. The molecule has 3 aromatic heterocycles. The fourth-order valence-corrected chi connectivity index (χ4v) is 4.67. The standard InChI is InChI=1S/C26H29N5/c1-4-22-23-7-5-19(20-6-8-25(28-16-20)31-11-9-27-10-12-31)15-24(23)30-26(22)21-13-17(2)29-18(3)14-21/h5-8,13-16,27,30H,4,9-12H2,1-3H3. The Balaban J connectivity index is 1.51. The molecule has 0 radical (unpaired) electrons. The molecule has 0 spiro atoms. The van der Waals surface area contributed by atoms with E-state index < -0.39 is 0 Å². The zero-order chi connectivity index (χ0) is 21.4. The molecule has 1 aromatic carbocycles. The maximum atomic E-state index is 4.75. The van der Waals surface area contributed by atoms with Crippen LogP contribution >= 0.6 is 0 Å². The molecule has 1 aliphatic heterocycles. The number of nitrogens with zero attached hydrogens (tertiary/aromatic N) is 3. The summed E-state index contributed by atoms with van der Waals surface area (Å²) >= 11 is 0. The van der Waals surface area contributed by atoms with Crippen molar-refractivity contribution < 1.29 is 0 Å². The zero-order valence-electron chi connectivity index (χ0n) is 18.5. The number of benzene rings is 1. The number of anilines is 1. The van der Waals surface area contributed by atoms with Gasteiger partial charge in [-0.3, -0.25) is 4.98 Å². The molecule has 0 amide bonds. The first-order chi connectivity index (χ1) is 15.1. The Labute approximate surface area is 183 Å². The van der Waals surface area contributed by atoms with E-state index in [0.717, 1.165) is 55.4 Å². The topological polar surface area (TPSA) is 56.8 Å². The second-order valence-corrected chi connectivity index (χ2v) is 8.37. The molecule has 0 unspecified atom stereocenters. The third kappa shape index (κ3) is 3.81. The number of hydrogen-bond acceptors (Lipinski definition) is 4. The van der Waals surface area contributed by atoms with Crippen molar-refractivity contribution in [1.29, 1.82) is 0 Å². The highest BCUT2D eigenvalue weighted by atomic mass is 15.2. The van der Waals surface area contributed by atoms with Gasteiger partial charge >= 0.3 is 0 Å². The predicted molar refractivity (Wildman–Crippen MR) is 129 cm³/mol. The van der Waals surface area contributed by atoms with Gasteiger partial charge in [0.05, 0.1) is 0 Å². The summed E-state index contributed by atoms with van der Waals surface area (Å²) in [5.74, 6) is 1.06. The first-order valence-electron chi connectivity index (χ1n) is 11.1. The average molecular weight is 412 g/mol. The fraction of sp³-hybridized carbons (Fsp3) is 0.308. The van der Waals surface area contributed by atoms with Crippen LogP contribution in [0, 0.1) is 13.8 Å². The molecule has 1 aliphatic rings. The Hall–Kier alpha value is -3.18. The van der Waals surface area contributed by atoms with Crippen LogP contribution in [0.15, 0.2) is 48.7 Å². The summed E-state index contributed by atoms with van der Waals surface area (Å²) in [5, 5.41) is 4.68. The molecular formula is C26H29N5. The van der Waals surface area contributed by atoms with Crippen LogP contribution in [0.4, 0.5) is 5.82 Å². The van der Waals surface area contributed by atoms with Crippen molar-refractivity contribution in [2.45, 2.75) is 27.2 Å². The van der Waals surface area contributed by atoms with E-state index in [9.17, 15) is 0 Å². The molecule has 0 atom stereocenters. The van der Waals surface area contributed by atoms with Crippen LogP contribution in [0.3, 0.4) is 0 Å². The lowest BCUT2D eigenvalue weighted by molar-refractivity contribution is 0.585. The Morgan fingerprint density at radius 2 is 1.65 bits per heavy atom. The quantitative estimate of drug-likeness (QED) is 0.502. The van der Waals surface area contributed by atoms with Crippen LogP contribution in [0.5, 0.6) is 0 Å². The van der Waals surface area contributed by atoms with Gasteiger partial charge in [0.15, 0.2) is 0 Å². The molecular weight excluding hydrogens is 382 g/mol. The molecule has 5 heteroatoms. The van der Waals surface area contributed by atoms with Gasteiger partial charge in [-0.1, -0.05) is 19.1 Å². The number of piperazine rings is 1. The van der Waals surface area contributed by atoms with Crippen molar-refractivity contribution in [3.63, 3.8) is 0 Å². The van der Waals surface area contributed by atoms with Crippen molar-refractivity contribution in [3.8, 4) is 22.4 Å². The summed E-state index contributed by atoms with van der Waals surface area (Å²) in [4.78, 5) is 15.3. The number of pyridine rings is 2. The van der Waals surface area contributed by atoms with Gasteiger partial charge in [0.1, 0.15) is 5.82 Å². The van der Waals surface area contributed by atoms with E-state index in [4.69, 9.17) is 4.98 Å². The molecule has 0 saturated carbocycles. The van der Waals surface area contributed by atoms with Crippen molar-refractivity contribution in [1.82, 2.24) is 20.3 Å². The number of aryl methyl sites for hydroxylation is 3. The number of rotatable bonds is 4. The average Bonchev–Trinajstić information content (AvgIpc) is 3.17. The minimum absolute atomic E-state index is 0.982. The van der Waals surface area contributed by atoms with Crippen LogP contribution in [0.25, 0.3) is 33.3 Å². The highest BCUT2D eigenvalue weighted by Crippen LogP contribution is 2.34. The number of fused-ring (bicyclic) bond motifs is 1. The van der Waals surface area contributed by atoms with E-state index in [1.165, 1.54) is 33.3 Å². The lowest BCUT2D eigenvalue weighted by Crippen LogP contribution is -2.43. The van der Waals surface area contributed by atoms with Gasteiger partial charge in [-0.15, -0.1) is 0 Å². The maximum Gasteiger partial charge on any atom is 0.128 e. The normalized spacial score (nSPS) is 14.4. The molecule has 0 aliphatic carbocycles. The number of aromatic amines is 1. The van der Waals surface area contributed by atoms with Gasteiger partial charge in [0, 0.05) is 71.5 Å². The second kappa shape index (κ2) is 8.16. The van der Waals surface area contributed by atoms with Gasteiger partial charge in [0.2, 0.25) is 0 Å². The lowest BCUT2D eigenvalue weighted by atomic mass is 10.0. The molecule has 1 fully saturated rings. The Bertz CT molecular complexity index is 1200. The third-order valence-corrected chi connectivity index (χ3v) is 6.15. The van der Waals surface area contributed by atoms with E-state index in [1.807, 2.05) is 6.20 Å². The number of hydrogen-bond donors (Lipinski definition) is 2. The molecule has 0 bridgehead atoms. The SMILES string of the molecule is CCc1c(-c2cc(C)nc(C)c2)[nH]c2cc(-c3ccc(N4CCNCC4)nc3)ccc12. The van der Waals surface area contributed by atoms with Crippen molar-refractivity contribution in [2.75, 3.05) is 31.1 Å². The fourth-order valence-electron chi connectivity index (χ4n) is 4.67. The third-order valence-electron chi connectivity index (χ3n) is 6.15. The highest BCUT2D eigenvalue weighted by molar-refractivity contribution is 5.93. The van der Waals surface area contributed by atoms with Crippen LogP contribution in [-0.2, 0) is 6.42 Å². The van der Waals surface area contributed by atoms with E-state index in [0.29, 0.717) is 0 Å². The molecule has 2 N–H and O–H groups in total. The van der Waals surface area contributed by atoms with E-state index in [-0.39, 0.29) is 0 Å². The Kier molecular flexibility index (Phi) is 5.20. The smallest absolute Gasteiger partial charge is 0.128 e. The Morgan fingerprint density at radius 3 is 2.32 bits per heavy atom. The summed E-state index contributed by atoms with van der Waals surface area (Å²) in [6.07, 6.45) is 2.98. The van der Waals surface area contributed by atoms with Gasteiger partial charge in [-0.25, -0.2) is 4.98 Å². The van der Waals surface area contributed by atoms with E-state index in [2.05, 4.69) is 83.4 Å². The van der Waals surface area contributed by atoms with Crippen LogP contribution in [0.2, 0.25) is 0 Å². The predicted octanol–water partition coefficient (Wildman–Crippen LogP) is 4.88. The van der Waals surface area contributed by atoms with Crippen LogP contribution < -0.4 is 10.2 Å². The molecule has 5 rings (SSSR count). The van der Waals surface area contributed by atoms with Gasteiger partial charge in [-0.05, 0) is 61.7 Å². The van der Waals surface area contributed by atoms with Gasteiger partial charge in [0.25, 0.3) is 0 Å². The molecule has 4 heterocycles.